The van der Waals surface area contributed by atoms with E-state index in [-0.39, 0.29) is 11.9 Å². The molecule has 1 heterocycles. The Morgan fingerprint density at radius 2 is 1.88 bits per heavy atom. The number of carbonyl (C=O) groups is 2. The first-order valence-corrected chi connectivity index (χ1v) is 8.14. The molecule has 0 saturated carbocycles. The second-order valence-corrected chi connectivity index (χ2v) is 6.31. The highest BCUT2D eigenvalue weighted by Crippen LogP contribution is 2.15. The van der Waals surface area contributed by atoms with Gasteiger partial charge in [-0.2, -0.15) is 0 Å². The average molecular weight is 336 g/mol. The lowest BCUT2D eigenvalue weighted by Crippen LogP contribution is -2.52. The molecule has 132 valence electrons. The monoisotopic (exact) mass is 336 g/mol. The Balaban J connectivity index is 1.80. The third-order valence-electron chi connectivity index (χ3n) is 4.36. The molecule has 0 spiro atoms. The third kappa shape index (κ3) is 5.01. The smallest absolute Gasteiger partial charge is 0.313 e. The zero-order chi connectivity index (χ0) is 17.7. The predicted molar refractivity (Wildman–Crippen MR) is 91.3 cm³/mol. The van der Waals surface area contributed by atoms with E-state index in [0.717, 1.165) is 26.2 Å². The number of benzene rings is 1. The van der Waals surface area contributed by atoms with Gasteiger partial charge < -0.3 is 15.5 Å². The molecule has 2 rings (SSSR count). The van der Waals surface area contributed by atoms with E-state index in [1.165, 1.54) is 18.2 Å². The standard InChI is InChI=1S/C17H25FN4O2/c1-12-10-14(18)4-5-15(12)20-17(24)16(23)19-11-13(2)22-8-6-21(3)7-9-22/h4-5,10,13H,6-9,11H2,1-3H3,(H,19,23)(H,20,24)/t13-/m0/s1. The Morgan fingerprint density at radius 3 is 2.50 bits per heavy atom. The molecule has 7 heteroatoms. The SMILES string of the molecule is Cc1cc(F)ccc1NC(=O)C(=O)NC[C@H](C)N1CCN(C)CC1. The van der Waals surface area contributed by atoms with Gasteiger partial charge in [0, 0.05) is 44.5 Å². The first-order valence-electron chi connectivity index (χ1n) is 8.14. The molecule has 1 fully saturated rings. The zero-order valence-corrected chi connectivity index (χ0v) is 14.4. The Bertz CT molecular complexity index is 600. The number of nitrogens with one attached hydrogen (secondary N) is 2. The van der Waals surface area contributed by atoms with Crippen LogP contribution in [-0.4, -0.2) is 67.4 Å². The molecule has 0 aromatic heterocycles. The minimum Gasteiger partial charge on any atom is -0.346 e. The summed E-state index contributed by atoms with van der Waals surface area (Å²) in [6.45, 7) is 8.03. The Morgan fingerprint density at radius 1 is 1.21 bits per heavy atom. The predicted octanol–water partition coefficient (Wildman–Crippen LogP) is 0.825. The fourth-order valence-electron chi connectivity index (χ4n) is 2.66. The summed E-state index contributed by atoms with van der Waals surface area (Å²) in [5.41, 5.74) is 1.01. The van der Waals surface area contributed by atoms with Crippen LogP contribution >= 0.6 is 0 Å². The van der Waals surface area contributed by atoms with Crippen LogP contribution < -0.4 is 10.6 Å². The average Bonchev–Trinajstić information content (AvgIpc) is 2.55. The molecule has 2 N–H and O–H groups in total. The lowest BCUT2D eigenvalue weighted by molar-refractivity contribution is -0.136. The number of hydrogen-bond donors (Lipinski definition) is 2. The molecule has 1 aromatic carbocycles. The van der Waals surface area contributed by atoms with E-state index in [1.807, 2.05) is 6.92 Å². The van der Waals surface area contributed by atoms with Crippen molar-refractivity contribution in [3.8, 4) is 0 Å². The minimum atomic E-state index is -0.740. The molecule has 0 aliphatic carbocycles. The van der Waals surface area contributed by atoms with Gasteiger partial charge in [-0.25, -0.2) is 4.39 Å². The van der Waals surface area contributed by atoms with Crippen molar-refractivity contribution in [3.63, 3.8) is 0 Å². The maximum atomic E-state index is 13.1. The first-order chi connectivity index (χ1) is 11.4. The van der Waals surface area contributed by atoms with E-state index in [1.54, 1.807) is 6.92 Å². The van der Waals surface area contributed by atoms with Gasteiger partial charge in [0.2, 0.25) is 0 Å². The summed E-state index contributed by atoms with van der Waals surface area (Å²) in [5.74, 6) is -1.80. The van der Waals surface area contributed by atoms with Gasteiger partial charge in [0.25, 0.3) is 0 Å². The summed E-state index contributed by atoms with van der Waals surface area (Å²) in [6.07, 6.45) is 0. The third-order valence-corrected chi connectivity index (χ3v) is 4.36. The highest BCUT2D eigenvalue weighted by atomic mass is 19.1. The van der Waals surface area contributed by atoms with E-state index < -0.39 is 11.8 Å². The normalized spacial score (nSPS) is 17.3. The maximum absolute atomic E-state index is 13.1. The molecular formula is C17H25FN4O2. The van der Waals surface area contributed by atoms with E-state index >= 15 is 0 Å². The number of amides is 2. The quantitative estimate of drug-likeness (QED) is 0.799. The van der Waals surface area contributed by atoms with E-state index in [0.29, 0.717) is 17.8 Å². The van der Waals surface area contributed by atoms with Crippen molar-refractivity contribution in [2.75, 3.05) is 45.1 Å². The fraction of sp³-hybridized carbons (Fsp3) is 0.529. The van der Waals surface area contributed by atoms with Gasteiger partial charge in [0.1, 0.15) is 5.82 Å². The van der Waals surface area contributed by atoms with Crippen molar-refractivity contribution >= 4 is 17.5 Å². The van der Waals surface area contributed by atoms with Gasteiger partial charge in [0.05, 0.1) is 0 Å². The zero-order valence-electron chi connectivity index (χ0n) is 14.4. The lowest BCUT2D eigenvalue weighted by atomic mass is 10.2. The van der Waals surface area contributed by atoms with Crippen LogP contribution in [0.4, 0.5) is 10.1 Å². The summed E-state index contributed by atoms with van der Waals surface area (Å²) < 4.78 is 13.1. The topological polar surface area (TPSA) is 64.7 Å². The maximum Gasteiger partial charge on any atom is 0.313 e. The van der Waals surface area contributed by atoms with Crippen LogP contribution in [0.25, 0.3) is 0 Å². The van der Waals surface area contributed by atoms with Crippen LogP contribution in [0.5, 0.6) is 0 Å². The van der Waals surface area contributed by atoms with Crippen molar-refractivity contribution in [1.82, 2.24) is 15.1 Å². The Labute approximate surface area is 142 Å². The fourth-order valence-corrected chi connectivity index (χ4v) is 2.66. The number of halogens is 1. The summed E-state index contributed by atoms with van der Waals surface area (Å²) >= 11 is 0. The molecule has 0 unspecified atom stereocenters. The number of hydrogen-bond acceptors (Lipinski definition) is 4. The van der Waals surface area contributed by atoms with Crippen LogP contribution in [-0.2, 0) is 9.59 Å². The van der Waals surface area contributed by atoms with Crippen molar-refractivity contribution in [1.29, 1.82) is 0 Å². The van der Waals surface area contributed by atoms with Crippen LogP contribution in [0.3, 0.4) is 0 Å². The van der Waals surface area contributed by atoms with Crippen molar-refractivity contribution in [2.24, 2.45) is 0 Å². The summed E-state index contributed by atoms with van der Waals surface area (Å²) in [6, 6.07) is 4.17. The van der Waals surface area contributed by atoms with Gasteiger partial charge in [-0.1, -0.05) is 0 Å². The van der Waals surface area contributed by atoms with Gasteiger partial charge in [-0.15, -0.1) is 0 Å². The molecule has 1 aliphatic rings. The van der Waals surface area contributed by atoms with Crippen LogP contribution in [0.15, 0.2) is 18.2 Å². The van der Waals surface area contributed by atoms with Crippen molar-refractivity contribution in [2.45, 2.75) is 19.9 Å². The Hall–Kier alpha value is -1.99. The van der Waals surface area contributed by atoms with Crippen molar-refractivity contribution < 1.29 is 14.0 Å². The molecule has 24 heavy (non-hydrogen) atoms. The molecule has 1 aliphatic heterocycles. The molecule has 1 aromatic rings. The molecule has 2 amide bonds. The van der Waals surface area contributed by atoms with Crippen molar-refractivity contribution in [3.05, 3.63) is 29.6 Å². The first kappa shape index (κ1) is 18.4. The number of carbonyl (C=O) groups excluding carboxylic acids is 2. The highest BCUT2D eigenvalue weighted by Gasteiger charge is 2.21. The van der Waals surface area contributed by atoms with Gasteiger partial charge >= 0.3 is 11.8 Å². The number of piperazine rings is 1. The van der Waals surface area contributed by atoms with Gasteiger partial charge in [-0.3, -0.25) is 14.5 Å². The molecular weight excluding hydrogens is 311 g/mol. The second kappa shape index (κ2) is 8.21. The van der Waals surface area contributed by atoms with Crippen LogP contribution in [0.1, 0.15) is 12.5 Å². The number of rotatable bonds is 4. The highest BCUT2D eigenvalue weighted by molar-refractivity contribution is 6.39. The Kier molecular flexibility index (Phi) is 6.28. The van der Waals surface area contributed by atoms with Crippen LogP contribution in [0, 0.1) is 12.7 Å². The minimum absolute atomic E-state index is 0.169. The van der Waals surface area contributed by atoms with Crippen LogP contribution in [0.2, 0.25) is 0 Å². The molecule has 6 nitrogen and oxygen atoms in total. The number of nitrogens with zero attached hydrogens (tertiary/aromatic N) is 2. The van der Waals surface area contributed by atoms with E-state index in [9.17, 15) is 14.0 Å². The summed E-state index contributed by atoms with van der Waals surface area (Å²) in [4.78, 5) is 28.4. The van der Waals surface area contributed by atoms with Gasteiger partial charge in [0.15, 0.2) is 0 Å². The lowest BCUT2D eigenvalue weighted by Gasteiger charge is -2.36. The van der Waals surface area contributed by atoms with E-state index in [2.05, 4.69) is 27.5 Å². The molecule has 0 bridgehead atoms. The molecule has 0 radical (unpaired) electrons. The van der Waals surface area contributed by atoms with Gasteiger partial charge in [-0.05, 0) is 44.7 Å². The largest absolute Gasteiger partial charge is 0.346 e. The molecule has 1 saturated heterocycles. The second-order valence-electron chi connectivity index (χ2n) is 6.31. The summed E-state index contributed by atoms with van der Waals surface area (Å²) in [5, 5.41) is 5.17. The number of likely N-dealkylation sites (N-methyl/N-ethyl adjacent to an activating group) is 1. The summed E-state index contributed by atoms with van der Waals surface area (Å²) in [7, 11) is 2.09. The number of aryl methyl sites for hydroxylation is 1. The van der Waals surface area contributed by atoms with E-state index in [4.69, 9.17) is 0 Å². The number of anilines is 1. The molecule has 1 atom stereocenters.